The molecule has 2 aliphatic rings. The van der Waals surface area contributed by atoms with Gasteiger partial charge in [0, 0.05) is 50.4 Å². The van der Waals surface area contributed by atoms with E-state index < -0.39 is 0 Å². The third-order valence-corrected chi connectivity index (χ3v) is 6.30. The number of thiazole rings is 1. The Labute approximate surface area is 153 Å². The van der Waals surface area contributed by atoms with Gasteiger partial charge in [0.05, 0.1) is 5.69 Å². The van der Waals surface area contributed by atoms with E-state index in [2.05, 4.69) is 17.1 Å². The molecule has 1 saturated heterocycles. The number of carbonyl (C=O) groups excluding carboxylic acids is 2. The first-order valence-corrected chi connectivity index (χ1v) is 10.2. The van der Waals surface area contributed by atoms with Gasteiger partial charge in [-0.25, -0.2) is 4.98 Å². The smallest absolute Gasteiger partial charge is 0.223 e. The maximum Gasteiger partial charge on any atom is 0.223 e. The zero-order valence-electron chi connectivity index (χ0n) is 15.2. The molecular weight excluding hydrogens is 336 g/mol. The van der Waals surface area contributed by atoms with Crippen LogP contribution in [0.5, 0.6) is 0 Å². The molecule has 2 heterocycles. The second-order valence-corrected chi connectivity index (χ2v) is 8.01. The SMILES string of the molecule is CCCCNC(=O)C1CCc2nc(N3CCN(C(C)=O)CC3)sc2C1. The number of hydrogen-bond donors (Lipinski definition) is 1. The van der Waals surface area contributed by atoms with Gasteiger partial charge < -0.3 is 15.1 Å². The fourth-order valence-electron chi connectivity index (χ4n) is 3.47. The minimum absolute atomic E-state index is 0.0900. The van der Waals surface area contributed by atoms with E-state index >= 15 is 0 Å². The number of piperazine rings is 1. The molecule has 1 aromatic rings. The first-order chi connectivity index (χ1) is 12.1. The molecule has 0 bridgehead atoms. The number of aromatic nitrogens is 1. The van der Waals surface area contributed by atoms with Gasteiger partial charge in [-0.3, -0.25) is 9.59 Å². The molecule has 0 aromatic carbocycles. The highest BCUT2D eigenvalue weighted by Crippen LogP contribution is 2.34. The standard InChI is InChI=1S/C18H28N4O2S/c1-3-4-7-19-17(24)14-5-6-15-16(12-14)25-18(20-15)22-10-8-21(9-11-22)13(2)23/h14H,3-12H2,1-2H3,(H,19,24). The monoisotopic (exact) mass is 364 g/mol. The topological polar surface area (TPSA) is 65.5 Å². The van der Waals surface area contributed by atoms with Crippen LogP contribution in [0.25, 0.3) is 0 Å². The third-order valence-electron chi connectivity index (χ3n) is 5.12. The molecule has 2 amide bonds. The molecule has 0 spiro atoms. The molecule has 1 aliphatic carbocycles. The Kier molecular flexibility index (Phi) is 5.93. The fourth-order valence-corrected chi connectivity index (χ4v) is 4.70. The van der Waals surface area contributed by atoms with E-state index in [1.54, 1.807) is 18.3 Å². The Hall–Kier alpha value is -1.63. The first-order valence-electron chi connectivity index (χ1n) is 9.35. The van der Waals surface area contributed by atoms with Crippen LogP contribution in [-0.2, 0) is 22.4 Å². The van der Waals surface area contributed by atoms with Crippen molar-refractivity contribution in [2.45, 2.75) is 46.0 Å². The van der Waals surface area contributed by atoms with E-state index in [0.29, 0.717) is 0 Å². The van der Waals surface area contributed by atoms with Crippen molar-refractivity contribution in [1.29, 1.82) is 0 Å². The van der Waals surface area contributed by atoms with Gasteiger partial charge in [0.2, 0.25) is 11.8 Å². The molecule has 6 nitrogen and oxygen atoms in total. The van der Waals surface area contributed by atoms with Gasteiger partial charge in [0.1, 0.15) is 0 Å². The summed E-state index contributed by atoms with van der Waals surface area (Å²) in [6.07, 6.45) is 4.75. The van der Waals surface area contributed by atoms with Crippen LogP contribution >= 0.6 is 11.3 Å². The molecule has 3 rings (SSSR count). The van der Waals surface area contributed by atoms with E-state index in [9.17, 15) is 9.59 Å². The number of unbranched alkanes of at least 4 members (excludes halogenated alkanes) is 1. The van der Waals surface area contributed by atoms with Gasteiger partial charge >= 0.3 is 0 Å². The summed E-state index contributed by atoms with van der Waals surface area (Å²) in [7, 11) is 0. The van der Waals surface area contributed by atoms with Gasteiger partial charge in [0.25, 0.3) is 0 Å². The lowest BCUT2D eigenvalue weighted by Crippen LogP contribution is -2.48. The number of fused-ring (bicyclic) bond motifs is 1. The molecule has 25 heavy (non-hydrogen) atoms. The van der Waals surface area contributed by atoms with Crippen molar-refractivity contribution in [2.24, 2.45) is 5.92 Å². The molecule has 7 heteroatoms. The van der Waals surface area contributed by atoms with E-state index in [4.69, 9.17) is 4.98 Å². The van der Waals surface area contributed by atoms with E-state index in [-0.39, 0.29) is 17.7 Å². The number of hydrogen-bond acceptors (Lipinski definition) is 5. The number of carbonyl (C=O) groups is 2. The molecule has 1 aliphatic heterocycles. The van der Waals surface area contributed by atoms with Crippen LogP contribution in [0.3, 0.4) is 0 Å². The van der Waals surface area contributed by atoms with Crippen molar-refractivity contribution in [3.05, 3.63) is 10.6 Å². The highest BCUT2D eigenvalue weighted by Gasteiger charge is 2.29. The Morgan fingerprint density at radius 2 is 2.04 bits per heavy atom. The number of amides is 2. The van der Waals surface area contributed by atoms with Gasteiger partial charge in [-0.05, 0) is 25.7 Å². The van der Waals surface area contributed by atoms with Gasteiger partial charge in [0.15, 0.2) is 5.13 Å². The maximum atomic E-state index is 12.3. The average Bonchev–Trinajstić information content (AvgIpc) is 3.05. The Morgan fingerprint density at radius 3 is 2.72 bits per heavy atom. The molecule has 0 radical (unpaired) electrons. The molecule has 0 saturated carbocycles. The Bertz CT molecular complexity index is 623. The maximum absolute atomic E-state index is 12.3. The number of anilines is 1. The van der Waals surface area contributed by atoms with Crippen LogP contribution in [0, 0.1) is 5.92 Å². The van der Waals surface area contributed by atoms with Crippen molar-refractivity contribution in [3.63, 3.8) is 0 Å². The number of nitrogens with zero attached hydrogens (tertiary/aromatic N) is 3. The normalized spacial score (nSPS) is 20.3. The third kappa shape index (κ3) is 4.32. The molecule has 1 N–H and O–H groups in total. The zero-order valence-corrected chi connectivity index (χ0v) is 16.0. The van der Waals surface area contributed by atoms with E-state index in [0.717, 1.165) is 70.0 Å². The van der Waals surface area contributed by atoms with Crippen LogP contribution in [0.1, 0.15) is 43.7 Å². The van der Waals surface area contributed by atoms with Crippen molar-refractivity contribution < 1.29 is 9.59 Å². The molecule has 138 valence electrons. The lowest BCUT2D eigenvalue weighted by atomic mass is 9.90. The van der Waals surface area contributed by atoms with Crippen molar-refractivity contribution in [2.75, 3.05) is 37.6 Å². The summed E-state index contributed by atoms with van der Waals surface area (Å²) in [5.74, 6) is 0.436. The lowest BCUT2D eigenvalue weighted by Gasteiger charge is -2.33. The average molecular weight is 365 g/mol. The highest BCUT2D eigenvalue weighted by molar-refractivity contribution is 7.15. The molecule has 1 unspecified atom stereocenters. The van der Waals surface area contributed by atoms with E-state index in [1.165, 1.54) is 10.6 Å². The molecule has 1 aromatic heterocycles. The van der Waals surface area contributed by atoms with Crippen LogP contribution in [-0.4, -0.2) is 54.4 Å². The van der Waals surface area contributed by atoms with E-state index in [1.807, 2.05) is 4.90 Å². The largest absolute Gasteiger partial charge is 0.356 e. The van der Waals surface area contributed by atoms with Crippen LogP contribution in [0.15, 0.2) is 0 Å². The molecule has 1 fully saturated rings. The van der Waals surface area contributed by atoms with Crippen LogP contribution < -0.4 is 10.2 Å². The lowest BCUT2D eigenvalue weighted by molar-refractivity contribution is -0.129. The summed E-state index contributed by atoms with van der Waals surface area (Å²) in [5, 5.41) is 4.12. The molecular formula is C18H28N4O2S. The van der Waals surface area contributed by atoms with Gasteiger partial charge in [-0.1, -0.05) is 13.3 Å². The fraction of sp³-hybridized carbons (Fsp3) is 0.722. The number of rotatable bonds is 5. The minimum Gasteiger partial charge on any atom is -0.356 e. The highest BCUT2D eigenvalue weighted by atomic mass is 32.1. The molecule has 1 atom stereocenters. The minimum atomic E-state index is 0.0900. The van der Waals surface area contributed by atoms with Crippen molar-refractivity contribution in [1.82, 2.24) is 15.2 Å². The second kappa shape index (κ2) is 8.17. The van der Waals surface area contributed by atoms with Gasteiger partial charge in [-0.2, -0.15) is 0 Å². The summed E-state index contributed by atoms with van der Waals surface area (Å²) in [6, 6.07) is 0. The summed E-state index contributed by atoms with van der Waals surface area (Å²) in [4.78, 5) is 34.0. The van der Waals surface area contributed by atoms with Crippen LogP contribution in [0.4, 0.5) is 5.13 Å². The Morgan fingerprint density at radius 1 is 1.28 bits per heavy atom. The number of aryl methyl sites for hydroxylation is 1. The predicted molar refractivity (Wildman–Crippen MR) is 100 cm³/mol. The first kappa shape index (κ1) is 18.2. The van der Waals surface area contributed by atoms with Crippen molar-refractivity contribution >= 4 is 28.3 Å². The number of nitrogens with one attached hydrogen (secondary N) is 1. The Balaban J connectivity index is 1.58. The summed E-state index contributed by atoms with van der Waals surface area (Å²) >= 11 is 1.73. The van der Waals surface area contributed by atoms with Crippen molar-refractivity contribution in [3.8, 4) is 0 Å². The summed E-state index contributed by atoms with van der Waals surface area (Å²) < 4.78 is 0. The second-order valence-electron chi connectivity index (χ2n) is 6.94. The van der Waals surface area contributed by atoms with Crippen LogP contribution in [0.2, 0.25) is 0 Å². The predicted octanol–water partition coefficient (Wildman–Crippen LogP) is 1.83. The summed E-state index contributed by atoms with van der Waals surface area (Å²) in [6.45, 7) is 7.76. The van der Waals surface area contributed by atoms with Gasteiger partial charge in [-0.15, -0.1) is 11.3 Å². The zero-order chi connectivity index (χ0) is 17.8. The quantitative estimate of drug-likeness (QED) is 0.810. The summed E-state index contributed by atoms with van der Waals surface area (Å²) in [5.41, 5.74) is 1.17.